The molecule has 0 aromatic heterocycles. The van der Waals surface area contributed by atoms with Crippen LogP contribution in [0.5, 0.6) is 0 Å². The Labute approximate surface area is 148 Å². The van der Waals surface area contributed by atoms with Crippen LogP contribution in [0.1, 0.15) is 35.3 Å². The minimum absolute atomic E-state index is 0.0251. The van der Waals surface area contributed by atoms with Crippen LogP contribution in [0.25, 0.3) is 11.1 Å². The Morgan fingerprint density at radius 1 is 1.20 bits per heavy atom. The van der Waals surface area contributed by atoms with Crippen molar-refractivity contribution in [1.82, 2.24) is 5.32 Å². The van der Waals surface area contributed by atoms with E-state index in [4.69, 9.17) is 5.26 Å². The number of nitrogens with zero attached hydrogens (tertiary/aromatic N) is 1. The Morgan fingerprint density at radius 3 is 2.40 bits per heavy atom. The number of nitrogens with two attached hydrogens (primary N) is 1. The quantitative estimate of drug-likeness (QED) is 0.778. The third-order valence-corrected chi connectivity index (χ3v) is 3.63. The molecule has 1 amide bonds. The van der Waals surface area contributed by atoms with Crippen LogP contribution >= 0.6 is 0 Å². The first-order valence-electron chi connectivity index (χ1n) is 8.31. The number of aryl methyl sites for hydroxylation is 1. The molecule has 0 fully saturated rings. The third kappa shape index (κ3) is 5.40. The summed E-state index contributed by atoms with van der Waals surface area (Å²) < 4.78 is 13.6. The first-order chi connectivity index (χ1) is 12.1. The molecule has 3 N–H and O–H groups in total. The van der Waals surface area contributed by atoms with E-state index in [0.29, 0.717) is 12.1 Å². The second kappa shape index (κ2) is 10.2. The second-order valence-corrected chi connectivity index (χ2v) is 5.20. The highest BCUT2D eigenvalue weighted by Gasteiger charge is 2.16. The molecule has 1 aliphatic rings. The zero-order valence-electron chi connectivity index (χ0n) is 14.9. The van der Waals surface area contributed by atoms with Gasteiger partial charge in [0.1, 0.15) is 5.82 Å². The second-order valence-electron chi connectivity index (χ2n) is 5.20. The highest BCUT2D eigenvalue weighted by Crippen LogP contribution is 2.25. The minimum Gasteiger partial charge on any atom is -0.352 e. The number of rotatable bonds is 1. The summed E-state index contributed by atoms with van der Waals surface area (Å²) in [5.74, 6) is -0.226. The molecule has 3 rings (SSSR count). The van der Waals surface area contributed by atoms with Crippen LogP contribution in [-0.2, 0) is 6.42 Å². The molecule has 132 valence electrons. The monoisotopic (exact) mass is 341 g/mol. The number of halogens is 1. The van der Waals surface area contributed by atoms with Gasteiger partial charge in [-0.2, -0.15) is 5.26 Å². The Bertz CT molecular complexity index is 766. The number of fused-ring (bicyclic) bond motifs is 1. The molecule has 2 aromatic rings. The molecule has 0 bridgehead atoms. The van der Waals surface area contributed by atoms with Gasteiger partial charge in [-0.15, -0.1) is 0 Å². The standard InChI is InChI=1S/C16H14FNO.C2H4N2.C2H6/c1-10-2-3-12(9-15(10)17)11-4-5-14-13(8-11)6-7-18-16(14)19;3-1-2-4;1-2/h2-5,8-9H,6-7H2,1H3,(H,18,19);1,3H2;1-2H3. The summed E-state index contributed by atoms with van der Waals surface area (Å²) >= 11 is 0. The summed E-state index contributed by atoms with van der Waals surface area (Å²) in [5, 5.41) is 10.3. The van der Waals surface area contributed by atoms with Crippen molar-refractivity contribution in [2.75, 3.05) is 13.1 Å². The zero-order chi connectivity index (χ0) is 18.8. The van der Waals surface area contributed by atoms with Gasteiger partial charge in [0.2, 0.25) is 0 Å². The van der Waals surface area contributed by atoms with Crippen molar-refractivity contribution in [2.24, 2.45) is 5.73 Å². The van der Waals surface area contributed by atoms with Gasteiger partial charge in [0, 0.05) is 12.1 Å². The fourth-order valence-electron chi connectivity index (χ4n) is 2.38. The van der Waals surface area contributed by atoms with Gasteiger partial charge in [0.15, 0.2) is 0 Å². The van der Waals surface area contributed by atoms with E-state index in [1.165, 1.54) is 0 Å². The molecule has 25 heavy (non-hydrogen) atoms. The van der Waals surface area contributed by atoms with E-state index in [-0.39, 0.29) is 18.3 Å². The molecule has 0 aliphatic carbocycles. The molecule has 2 aromatic carbocycles. The predicted molar refractivity (Wildman–Crippen MR) is 98.6 cm³/mol. The Kier molecular flexibility index (Phi) is 8.31. The van der Waals surface area contributed by atoms with Crippen molar-refractivity contribution in [3.05, 3.63) is 58.9 Å². The maximum Gasteiger partial charge on any atom is 0.251 e. The number of amides is 1. The van der Waals surface area contributed by atoms with Gasteiger partial charge >= 0.3 is 0 Å². The molecular formula is C20H24FN3O. The topological polar surface area (TPSA) is 78.9 Å². The van der Waals surface area contributed by atoms with Gasteiger partial charge in [-0.3, -0.25) is 4.79 Å². The number of hydrogen-bond donors (Lipinski definition) is 2. The molecule has 1 aliphatic heterocycles. The highest BCUT2D eigenvalue weighted by atomic mass is 19.1. The van der Waals surface area contributed by atoms with Gasteiger partial charge in [-0.1, -0.05) is 38.1 Å². The summed E-state index contributed by atoms with van der Waals surface area (Å²) in [4.78, 5) is 11.7. The highest BCUT2D eigenvalue weighted by molar-refractivity contribution is 5.97. The van der Waals surface area contributed by atoms with Gasteiger partial charge in [0.25, 0.3) is 5.91 Å². The lowest BCUT2D eigenvalue weighted by Crippen LogP contribution is -2.31. The molecule has 0 saturated heterocycles. The predicted octanol–water partition coefficient (Wildman–Crippen LogP) is 3.58. The number of benzene rings is 2. The SMILES string of the molecule is CC.Cc1ccc(-c2ccc3c(c2)CCNC3=O)cc1F.N#CCN. The average molecular weight is 341 g/mol. The van der Waals surface area contributed by atoms with Gasteiger partial charge in [-0.25, -0.2) is 4.39 Å². The van der Waals surface area contributed by atoms with E-state index in [1.54, 1.807) is 25.1 Å². The van der Waals surface area contributed by atoms with E-state index in [2.05, 4.69) is 11.1 Å². The third-order valence-electron chi connectivity index (χ3n) is 3.63. The number of nitriles is 1. The average Bonchev–Trinajstić information content (AvgIpc) is 2.66. The summed E-state index contributed by atoms with van der Waals surface area (Å²) in [6, 6.07) is 12.6. The molecular weight excluding hydrogens is 317 g/mol. The summed E-state index contributed by atoms with van der Waals surface area (Å²) in [7, 11) is 0. The van der Waals surface area contributed by atoms with Crippen LogP contribution in [0.15, 0.2) is 36.4 Å². The Balaban J connectivity index is 0.000000461. The molecule has 0 saturated carbocycles. The maximum absolute atomic E-state index is 13.6. The summed E-state index contributed by atoms with van der Waals surface area (Å²) in [6.45, 7) is 6.54. The first kappa shape index (κ1) is 20.3. The van der Waals surface area contributed by atoms with Crippen LogP contribution in [0, 0.1) is 24.1 Å². The molecule has 0 atom stereocenters. The maximum atomic E-state index is 13.6. The van der Waals surface area contributed by atoms with E-state index in [1.807, 2.05) is 38.1 Å². The van der Waals surface area contributed by atoms with E-state index in [9.17, 15) is 9.18 Å². The van der Waals surface area contributed by atoms with E-state index in [0.717, 1.165) is 28.7 Å². The van der Waals surface area contributed by atoms with Gasteiger partial charge in [-0.05, 0) is 47.7 Å². The number of carbonyl (C=O) groups excluding carboxylic acids is 1. The first-order valence-corrected chi connectivity index (χ1v) is 8.31. The van der Waals surface area contributed by atoms with Crippen molar-refractivity contribution in [3.8, 4) is 17.2 Å². The fraction of sp³-hybridized carbons (Fsp3) is 0.300. The lowest BCUT2D eigenvalue weighted by atomic mass is 9.94. The Morgan fingerprint density at radius 2 is 1.80 bits per heavy atom. The molecule has 0 unspecified atom stereocenters. The van der Waals surface area contributed by atoms with Gasteiger partial charge < -0.3 is 11.1 Å². The lowest BCUT2D eigenvalue weighted by molar-refractivity contribution is 0.0946. The molecule has 0 spiro atoms. The van der Waals surface area contributed by atoms with Crippen molar-refractivity contribution in [1.29, 1.82) is 5.26 Å². The van der Waals surface area contributed by atoms with Gasteiger partial charge in [0.05, 0.1) is 12.6 Å². The van der Waals surface area contributed by atoms with Crippen molar-refractivity contribution >= 4 is 5.91 Å². The molecule has 4 nitrogen and oxygen atoms in total. The number of hydrogen-bond acceptors (Lipinski definition) is 3. The van der Waals surface area contributed by atoms with Crippen molar-refractivity contribution < 1.29 is 9.18 Å². The van der Waals surface area contributed by atoms with Crippen LogP contribution < -0.4 is 11.1 Å². The van der Waals surface area contributed by atoms with Crippen LogP contribution in [0.2, 0.25) is 0 Å². The smallest absolute Gasteiger partial charge is 0.251 e. The van der Waals surface area contributed by atoms with Crippen LogP contribution in [-0.4, -0.2) is 19.0 Å². The lowest BCUT2D eigenvalue weighted by Gasteiger charge is -2.17. The van der Waals surface area contributed by atoms with Crippen LogP contribution in [0.4, 0.5) is 4.39 Å². The molecule has 5 heteroatoms. The molecule has 0 radical (unpaired) electrons. The van der Waals surface area contributed by atoms with Crippen molar-refractivity contribution in [2.45, 2.75) is 27.2 Å². The Hall–Kier alpha value is -2.71. The number of carbonyl (C=O) groups is 1. The van der Waals surface area contributed by atoms with E-state index >= 15 is 0 Å². The fourth-order valence-corrected chi connectivity index (χ4v) is 2.38. The minimum atomic E-state index is -0.201. The molecule has 1 heterocycles. The number of nitrogens with one attached hydrogen (secondary N) is 1. The summed E-state index contributed by atoms with van der Waals surface area (Å²) in [6.07, 6.45) is 0.823. The van der Waals surface area contributed by atoms with Crippen molar-refractivity contribution in [3.63, 3.8) is 0 Å². The van der Waals surface area contributed by atoms with E-state index < -0.39 is 0 Å². The largest absolute Gasteiger partial charge is 0.352 e. The normalized spacial score (nSPS) is 11.6. The summed E-state index contributed by atoms with van der Waals surface area (Å²) in [5.41, 5.74) is 8.86. The van der Waals surface area contributed by atoms with Crippen LogP contribution in [0.3, 0.4) is 0 Å². The zero-order valence-corrected chi connectivity index (χ0v) is 14.9.